The predicted octanol–water partition coefficient (Wildman–Crippen LogP) is 5.02. The van der Waals surface area contributed by atoms with Gasteiger partial charge in [-0.25, -0.2) is 0 Å². The average molecular weight is 298 g/mol. The highest BCUT2D eigenvalue weighted by Gasteiger charge is 2.37. The van der Waals surface area contributed by atoms with Crippen LogP contribution in [0.25, 0.3) is 0 Å². The minimum absolute atomic E-state index is 0.417. The molecule has 0 bridgehead atoms. The van der Waals surface area contributed by atoms with Gasteiger partial charge in [0.1, 0.15) is 0 Å². The fraction of sp³-hybridized carbons (Fsp3) is 1.00. The molecule has 126 valence electrons. The van der Waals surface area contributed by atoms with E-state index in [0.29, 0.717) is 17.6 Å². The highest BCUT2D eigenvalue weighted by molar-refractivity contribution is 4.91. The highest BCUT2D eigenvalue weighted by atomic mass is 16.5. The van der Waals surface area contributed by atoms with Gasteiger partial charge in [0.25, 0.3) is 0 Å². The van der Waals surface area contributed by atoms with Gasteiger partial charge >= 0.3 is 0 Å². The molecule has 2 nitrogen and oxygen atoms in total. The molecule has 1 aliphatic carbocycles. The number of hydrogen-bond acceptors (Lipinski definition) is 2. The van der Waals surface area contributed by atoms with E-state index in [1.807, 2.05) is 0 Å². The van der Waals surface area contributed by atoms with Gasteiger partial charge < -0.3 is 10.1 Å². The van der Waals surface area contributed by atoms with Gasteiger partial charge in [-0.15, -0.1) is 0 Å². The maximum absolute atomic E-state index is 6.31. The zero-order valence-corrected chi connectivity index (χ0v) is 15.4. The van der Waals surface area contributed by atoms with Crippen molar-refractivity contribution in [2.24, 2.45) is 17.3 Å². The Morgan fingerprint density at radius 1 is 1.19 bits per heavy atom. The average Bonchev–Trinajstić information content (AvgIpc) is 2.45. The molecule has 1 aliphatic rings. The molecular formula is C19H39NO. The molecule has 1 saturated carbocycles. The van der Waals surface area contributed by atoms with E-state index in [-0.39, 0.29) is 0 Å². The van der Waals surface area contributed by atoms with Gasteiger partial charge in [-0.2, -0.15) is 0 Å². The SMILES string of the molecule is CCCNC1CCC(C(C)(C)CC)CC1OCCC(C)C. The van der Waals surface area contributed by atoms with Crippen molar-refractivity contribution in [2.75, 3.05) is 13.2 Å². The molecule has 0 heterocycles. The molecule has 1 rings (SSSR count). The summed E-state index contributed by atoms with van der Waals surface area (Å²) in [5.41, 5.74) is 0.454. The van der Waals surface area contributed by atoms with E-state index < -0.39 is 0 Å². The molecule has 0 saturated heterocycles. The molecule has 0 aromatic heterocycles. The summed E-state index contributed by atoms with van der Waals surface area (Å²) in [6.07, 6.45) is 7.94. The molecule has 2 heteroatoms. The second-order valence-corrected chi connectivity index (χ2v) is 8.00. The molecule has 0 aromatic rings. The largest absolute Gasteiger partial charge is 0.377 e. The first-order valence-corrected chi connectivity index (χ1v) is 9.25. The monoisotopic (exact) mass is 297 g/mol. The molecule has 0 spiro atoms. The van der Waals surface area contributed by atoms with E-state index in [9.17, 15) is 0 Å². The molecule has 1 N–H and O–H groups in total. The van der Waals surface area contributed by atoms with Crippen LogP contribution in [0.1, 0.15) is 80.1 Å². The summed E-state index contributed by atoms with van der Waals surface area (Å²) < 4.78 is 6.31. The smallest absolute Gasteiger partial charge is 0.0730 e. The van der Waals surface area contributed by atoms with Crippen molar-refractivity contribution in [1.82, 2.24) is 5.32 Å². The van der Waals surface area contributed by atoms with Gasteiger partial charge in [-0.3, -0.25) is 0 Å². The van der Waals surface area contributed by atoms with Crippen LogP contribution in [0.4, 0.5) is 0 Å². The van der Waals surface area contributed by atoms with Crippen LogP contribution in [0.5, 0.6) is 0 Å². The standard InChI is InChI=1S/C19H39NO/c1-7-12-20-17-10-9-16(19(5,6)8-2)14-18(17)21-13-11-15(3)4/h15-18,20H,7-14H2,1-6H3. The van der Waals surface area contributed by atoms with Crippen LogP contribution in [0, 0.1) is 17.3 Å². The number of rotatable bonds is 9. The Morgan fingerprint density at radius 3 is 2.48 bits per heavy atom. The molecular weight excluding hydrogens is 258 g/mol. The second kappa shape index (κ2) is 9.15. The molecule has 0 aliphatic heterocycles. The van der Waals surface area contributed by atoms with E-state index in [1.165, 1.54) is 38.5 Å². The zero-order valence-electron chi connectivity index (χ0n) is 15.4. The molecule has 3 atom stereocenters. The van der Waals surface area contributed by atoms with Gasteiger partial charge in [0, 0.05) is 12.6 Å². The fourth-order valence-electron chi connectivity index (χ4n) is 3.33. The Hall–Kier alpha value is -0.0800. The van der Waals surface area contributed by atoms with Crippen molar-refractivity contribution in [3.05, 3.63) is 0 Å². The summed E-state index contributed by atoms with van der Waals surface area (Å²) in [7, 11) is 0. The first-order chi connectivity index (χ1) is 9.90. The third-order valence-electron chi connectivity index (χ3n) is 5.49. The molecule has 21 heavy (non-hydrogen) atoms. The van der Waals surface area contributed by atoms with Crippen molar-refractivity contribution < 1.29 is 4.74 Å². The minimum atomic E-state index is 0.417. The lowest BCUT2D eigenvalue weighted by atomic mass is 9.68. The Bertz CT molecular complexity index is 275. The normalized spacial score (nSPS) is 27.3. The van der Waals surface area contributed by atoms with Crippen LogP contribution in [0.15, 0.2) is 0 Å². The van der Waals surface area contributed by atoms with Crippen LogP contribution < -0.4 is 5.32 Å². The topological polar surface area (TPSA) is 21.3 Å². The Morgan fingerprint density at radius 2 is 1.90 bits per heavy atom. The summed E-state index contributed by atoms with van der Waals surface area (Å²) >= 11 is 0. The molecule has 0 radical (unpaired) electrons. The summed E-state index contributed by atoms with van der Waals surface area (Å²) in [5.74, 6) is 1.55. The first kappa shape index (κ1) is 19.0. The fourth-order valence-corrected chi connectivity index (χ4v) is 3.33. The minimum Gasteiger partial charge on any atom is -0.377 e. The maximum atomic E-state index is 6.31. The van der Waals surface area contributed by atoms with Crippen molar-refractivity contribution in [1.29, 1.82) is 0 Å². The third kappa shape index (κ3) is 6.28. The molecule has 1 fully saturated rings. The van der Waals surface area contributed by atoms with Gasteiger partial charge in [-0.1, -0.05) is 48.0 Å². The molecule has 3 unspecified atom stereocenters. The van der Waals surface area contributed by atoms with Crippen LogP contribution in [0.3, 0.4) is 0 Å². The van der Waals surface area contributed by atoms with E-state index >= 15 is 0 Å². The summed E-state index contributed by atoms with van der Waals surface area (Å²) in [6.45, 7) is 16.0. The summed E-state index contributed by atoms with van der Waals surface area (Å²) in [6, 6.07) is 0.570. The van der Waals surface area contributed by atoms with E-state index in [4.69, 9.17) is 4.74 Å². The number of hydrogen-bond donors (Lipinski definition) is 1. The quantitative estimate of drug-likeness (QED) is 0.645. The van der Waals surface area contributed by atoms with E-state index in [1.54, 1.807) is 0 Å². The third-order valence-corrected chi connectivity index (χ3v) is 5.49. The van der Waals surface area contributed by atoms with Gasteiger partial charge in [0.15, 0.2) is 0 Å². The van der Waals surface area contributed by atoms with Crippen molar-refractivity contribution in [3.8, 4) is 0 Å². The predicted molar refractivity (Wildman–Crippen MR) is 92.7 cm³/mol. The van der Waals surface area contributed by atoms with Crippen molar-refractivity contribution in [3.63, 3.8) is 0 Å². The summed E-state index contributed by atoms with van der Waals surface area (Å²) in [4.78, 5) is 0. The van der Waals surface area contributed by atoms with Gasteiger partial charge in [-0.05, 0) is 55.9 Å². The highest BCUT2D eigenvalue weighted by Crippen LogP contribution is 2.41. The molecule has 0 aromatic carbocycles. The number of ether oxygens (including phenoxy) is 1. The maximum Gasteiger partial charge on any atom is 0.0730 e. The van der Waals surface area contributed by atoms with Crippen LogP contribution in [-0.4, -0.2) is 25.3 Å². The van der Waals surface area contributed by atoms with Crippen LogP contribution >= 0.6 is 0 Å². The lowest BCUT2D eigenvalue weighted by Gasteiger charge is -2.43. The van der Waals surface area contributed by atoms with Gasteiger partial charge in [0.2, 0.25) is 0 Å². The van der Waals surface area contributed by atoms with Crippen molar-refractivity contribution >= 4 is 0 Å². The Kier molecular flexibility index (Phi) is 8.26. The summed E-state index contributed by atoms with van der Waals surface area (Å²) in [5, 5.41) is 3.72. The van der Waals surface area contributed by atoms with Crippen LogP contribution in [0.2, 0.25) is 0 Å². The number of nitrogens with one attached hydrogen (secondary N) is 1. The lowest BCUT2D eigenvalue weighted by Crippen LogP contribution is -2.48. The molecule has 0 amide bonds. The Labute approximate surface area is 133 Å². The van der Waals surface area contributed by atoms with E-state index in [2.05, 4.69) is 46.9 Å². The zero-order chi connectivity index (χ0) is 15.9. The Balaban J connectivity index is 2.58. The van der Waals surface area contributed by atoms with Crippen molar-refractivity contribution in [2.45, 2.75) is 92.2 Å². The van der Waals surface area contributed by atoms with Crippen LogP contribution in [-0.2, 0) is 4.74 Å². The van der Waals surface area contributed by atoms with Gasteiger partial charge in [0.05, 0.1) is 6.10 Å². The van der Waals surface area contributed by atoms with E-state index in [0.717, 1.165) is 25.0 Å². The lowest BCUT2D eigenvalue weighted by molar-refractivity contribution is -0.0341. The second-order valence-electron chi connectivity index (χ2n) is 8.00. The first-order valence-electron chi connectivity index (χ1n) is 9.25.